The lowest BCUT2D eigenvalue weighted by molar-refractivity contribution is 0.225. The lowest BCUT2D eigenvalue weighted by Gasteiger charge is -2.27. The summed E-state index contributed by atoms with van der Waals surface area (Å²) >= 11 is 6.12. The van der Waals surface area contributed by atoms with Crippen LogP contribution in [0.25, 0.3) is 11.5 Å². The van der Waals surface area contributed by atoms with Gasteiger partial charge in [-0.05, 0) is 31.0 Å². The van der Waals surface area contributed by atoms with Crippen LogP contribution in [0.4, 0.5) is 20.3 Å². The van der Waals surface area contributed by atoms with Crippen LogP contribution in [0.1, 0.15) is 23.4 Å². The Hall–Kier alpha value is -2.82. The Morgan fingerprint density at radius 1 is 1.09 bits per heavy atom. The van der Waals surface area contributed by atoms with Gasteiger partial charge >= 0.3 is 0 Å². The van der Waals surface area contributed by atoms with Gasteiger partial charge < -0.3 is 20.1 Å². The molecule has 0 aliphatic carbocycles. The molecule has 1 aromatic carbocycles. The Labute approximate surface area is 201 Å². The molecule has 2 aliphatic rings. The highest BCUT2D eigenvalue weighted by Crippen LogP contribution is 2.38. The number of piperazine rings is 1. The zero-order valence-corrected chi connectivity index (χ0v) is 19.6. The lowest BCUT2D eigenvalue weighted by atomic mass is 10.1. The van der Waals surface area contributed by atoms with E-state index in [1.807, 2.05) is 11.8 Å². The van der Waals surface area contributed by atoms with Gasteiger partial charge in [0.25, 0.3) is 5.89 Å². The molecule has 8 nitrogen and oxygen atoms in total. The molecule has 34 heavy (non-hydrogen) atoms. The highest BCUT2D eigenvalue weighted by atomic mass is 35.5. The molecular formula is C23H26ClF2N7O. The Morgan fingerprint density at radius 2 is 1.88 bits per heavy atom. The fourth-order valence-electron chi connectivity index (χ4n) is 4.47. The monoisotopic (exact) mass is 489 g/mol. The fourth-order valence-corrected chi connectivity index (χ4v) is 4.69. The number of anilines is 2. The molecular weight excluding hydrogens is 464 g/mol. The number of rotatable bonds is 5. The van der Waals surface area contributed by atoms with Crippen molar-refractivity contribution in [2.75, 3.05) is 49.5 Å². The van der Waals surface area contributed by atoms with Crippen LogP contribution in [-0.4, -0.2) is 59.3 Å². The first-order chi connectivity index (χ1) is 16.5. The van der Waals surface area contributed by atoms with E-state index in [0.29, 0.717) is 42.7 Å². The molecule has 0 unspecified atom stereocenters. The predicted octanol–water partition coefficient (Wildman–Crippen LogP) is 3.60. The Kier molecular flexibility index (Phi) is 6.62. The van der Waals surface area contributed by atoms with E-state index in [1.165, 1.54) is 0 Å². The van der Waals surface area contributed by atoms with Crippen LogP contribution in [0.15, 0.2) is 22.9 Å². The summed E-state index contributed by atoms with van der Waals surface area (Å²) in [6, 6.07) is 2.14. The van der Waals surface area contributed by atoms with Crippen LogP contribution in [0.3, 0.4) is 0 Å². The maximum atomic E-state index is 14.6. The molecule has 2 aliphatic heterocycles. The first kappa shape index (κ1) is 22.9. The number of nitrogens with one attached hydrogen (secondary N) is 2. The standard InChI is InChI=1S/C23H26ClF2N7O/c1-14-15(23-30-19(31-34-23)13-32-9-6-27-7-10-32)11-29-22-21(14)33(8-2-5-28-22)12-16-17(25)3-4-18(26)20(16)24/h3-4,11,27H,2,5-10,12-13H2,1H3,(H,28,29). The van der Waals surface area contributed by atoms with Gasteiger partial charge in [-0.1, -0.05) is 16.8 Å². The zero-order valence-electron chi connectivity index (χ0n) is 18.9. The molecule has 3 aromatic rings. The molecule has 0 amide bonds. The van der Waals surface area contributed by atoms with E-state index < -0.39 is 11.6 Å². The third-order valence-corrected chi connectivity index (χ3v) is 6.69. The van der Waals surface area contributed by atoms with Crippen molar-refractivity contribution < 1.29 is 13.3 Å². The van der Waals surface area contributed by atoms with Gasteiger partial charge in [-0.25, -0.2) is 13.8 Å². The number of pyridine rings is 1. The highest BCUT2D eigenvalue weighted by Gasteiger charge is 2.25. The maximum Gasteiger partial charge on any atom is 0.259 e. The van der Waals surface area contributed by atoms with Gasteiger partial charge in [-0.2, -0.15) is 4.98 Å². The summed E-state index contributed by atoms with van der Waals surface area (Å²) in [6.07, 6.45) is 2.51. The van der Waals surface area contributed by atoms with E-state index in [-0.39, 0.29) is 17.1 Å². The SMILES string of the molecule is Cc1c(-c2nc(CN3CCNCC3)no2)cnc2c1N(Cc1c(F)ccc(F)c1Cl)CCCN2. The third-order valence-electron chi connectivity index (χ3n) is 6.28. The van der Waals surface area contributed by atoms with Crippen molar-refractivity contribution in [2.24, 2.45) is 0 Å². The summed E-state index contributed by atoms with van der Waals surface area (Å²) in [5.74, 6) is 0.498. The average Bonchev–Trinajstić information content (AvgIpc) is 3.19. The highest BCUT2D eigenvalue weighted by molar-refractivity contribution is 6.31. The molecule has 5 rings (SSSR count). The number of halogens is 3. The number of nitrogens with zero attached hydrogens (tertiary/aromatic N) is 5. The Balaban J connectivity index is 1.47. The summed E-state index contributed by atoms with van der Waals surface area (Å²) in [7, 11) is 0. The van der Waals surface area contributed by atoms with E-state index in [2.05, 4.69) is 30.7 Å². The van der Waals surface area contributed by atoms with Crippen LogP contribution in [0.2, 0.25) is 5.02 Å². The lowest BCUT2D eigenvalue weighted by Crippen LogP contribution is -2.43. The molecule has 1 saturated heterocycles. The van der Waals surface area contributed by atoms with E-state index in [9.17, 15) is 8.78 Å². The van der Waals surface area contributed by atoms with Gasteiger partial charge in [0.05, 0.1) is 22.8 Å². The molecule has 0 spiro atoms. The summed E-state index contributed by atoms with van der Waals surface area (Å²) in [5, 5.41) is 10.6. The van der Waals surface area contributed by atoms with Crippen molar-refractivity contribution in [1.82, 2.24) is 25.3 Å². The number of hydrogen-bond acceptors (Lipinski definition) is 8. The minimum absolute atomic E-state index is 0.112. The Bertz CT molecular complexity index is 1180. The van der Waals surface area contributed by atoms with Crippen molar-refractivity contribution in [3.8, 4) is 11.5 Å². The van der Waals surface area contributed by atoms with E-state index in [0.717, 1.165) is 56.0 Å². The number of aromatic nitrogens is 3. The van der Waals surface area contributed by atoms with Crippen LogP contribution in [0, 0.1) is 18.6 Å². The molecule has 11 heteroatoms. The van der Waals surface area contributed by atoms with E-state index >= 15 is 0 Å². The fraction of sp³-hybridized carbons (Fsp3) is 0.435. The van der Waals surface area contributed by atoms with Crippen molar-refractivity contribution in [3.63, 3.8) is 0 Å². The van der Waals surface area contributed by atoms with E-state index in [4.69, 9.17) is 16.1 Å². The summed E-state index contributed by atoms with van der Waals surface area (Å²) in [5.41, 5.74) is 2.48. The first-order valence-electron chi connectivity index (χ1n) is 11.4. The minimum Gasteiger partial charge on any atom is -0.368 e. The second-order valence-corrected chi connectivity index (χ2v) is 8.94. The second-order valence-electron chi connectivity index (χ2n) is 8.56. The first-order valence-corrected chi connectivity index (χ1v) is 11.8. The average molecular weight is 490 g/mol. The molecule has 0 atom stereocenters. The van der Waals surface area contributed by atoms with Gasteiger partial charge in [0.1, 0.15) is 17.5 Å². The molecule has 180 valence electrons. The Morgan fingerprint density at radius 3 is 2.71 bits per heavy atom. The van der Waals surface area contributed by atoms with Crippen LogP contribution in [0.5, 0.6) is 0 Å². The summed E-state index contributed by atoms with van der Waals surface area (Å²) in [6.45, 7) is 7.76. The van der Waals surface area contributed by atoms with Crippen LogP contribution in [-0.2, 0) is 13.1 Å². The third kappa shape index (κ3) is 4.57. The number of benzene rings is 1. The second kappa shape index (κ2) is 9.81. The van der Waals surface area contributed by atoms with Gasteiger partial charge in [-0.3, -0.25) is 4.90 Å². The summed E-state index contributed by atoms with van der Waals surface area (Å²) < 4.78 is 34.2. The van der Waals surface area contributed by atoms with E-state index in [1.54, 1.807) is 6.20 Å². The van der Waals surface area contributed by atoms with Crippen LogP contribution < -0.4 is 15.5 Å². The molecule has 2 N–H and O–H groups in total. The number of hydrogen-bond donors (Lipinski definition) is 2. The van der Waals surface area contributed by atoms with Crippen LogP contribution >= 0.6 is 11.6 Å². The molecule has 4 heterocycles. The zero-order chi connectivity index (χ0) is 23.7. The number of fused-ring (bicyclic) bond motifs is 1. The largest absolute Gasteiger partial charge is 0.368 e. The van der Waals surface area contributed by atoms with Crippen molar-refractivity contribution in [2.45, 2.75) is 26.4 Å². The molecule has 2 aromatic heterocycles. The smallest absolute Gasteiger partial charge is 0.259 e. The molecule has 0 bridgehead atoms. The molecule has 0 radical (unpaired) electrons. The van der Waals surface area contributed by atoms with Gasteiger partial charge in [0, 0.05) is 57.6 Å². The molecule has 0 saturated carbocycles. The van der Waals surface area contributed by atoms with Gasteiger partial charge in [-0.15, -0.1) is 0 Å². The van der Waals surface area contributed by atoms with Crippen molar-refractivity contribution >= 4 is 23.1 Å². The van der Waals surface area contributed by atoms with Crippen molar-refractivity contribution in [3.05, 3.63) is 51.9 Å². The van der Waals surface area contributed by atoms with Gasteiger partial charge in [0.15, 0.2) is 5.82 Å². The maximum absolute atomic E-state index is 14.6. The quantitative estimate of drug-likeness (QED) is 0.526. The van der Waals surface area contributed by atoms with Gasteiger partial charge in [0.2, 0.25) is 0 Å². The minimum atomic E-state index is -0.641. The summed E-state index contributed by atoms with van der Waals surface area (Å²) in [4.78, 5) is 13.5. The molecule has 1 fully saturated rings. The predicted molar refractivity (Wildman–Crippen MR) is 126 cm³/mol. The van der Waals surface area contributed by atoms with Crippen molar-refractivity contribution in [1.29, 1.82) is 0 Å². The topological polar surface area (TPSA) is 82.4 Å². The normalized spacial score (nSPS) is 16.8.